The highest BCUT2D eigenvalue weighted by Gasteiger charge is 2.24. The number of benzene rings is 1. The molecule has 2 atom stereocenters. The second-order valence-corrected chi connectivity index (χ2v) is 7.92. The molecule has 28 heavy (non-hydrogen) atoms. The first kappa shape index (κ1) is 20.5. The van der Waals surface area contributed by atoms with Gasteiger partial charge in [-0.25, -0.2) is 0 Å². The quantitative estimate of drug-likeness (QED) is 0.597. The van der Waals surface area contributed by atoms with Crippen molar-refractivity contribution in [3.63, 3.8) is 0 Å². The van der Waals surface area contributed by atoms with E-state index < -0.39 is 6.10 Å². The Balaban J connectivity index is 1.76. The molecule has 0 radical (unpaired) electrons. The highest BCUT2D eigenvalue weighted by Crippen LogP contribution is 2.26. The van der Waals surface area contributed by atoms with Crippen molar-refractivity contribution in [2.24, 2.45) is 0 Å². The van der Waals surface area contributed by atoms with Crippen molar-refractivity contribution in [1.29, 1.82) is 0 Å². The number of aromatic nitrogens is 3. The standard InChI is InChI=1S/C20H23ClN4O2S/c1-13-7-8-15(21)17(12-13)27-14(2)20(26)22-16(9-11-28-3)19-24-23-18-6-4-5-10-25(18)19/h4-8,10,12,14,16H,9,11H2,1-3H3,(H,22,26). The number of carbonyl (C=O) groups is 1. The first-order valence-corrected chi connectivity index (χ1v) is 10.8. The number of halogens is 1. The number of nitrogens with one attached hydrogen (secondary N) is 1. The van der Waals surface area contributed by atoms with Gasteiger partial charge in [-0.15, -0.1) is 10.2 Å². The monoisotopic (exact) mass is 418 g/mol. The number of pyridine rings is 1. The van der Waals surface area contributed by atoms with Crippen LogP contribution in [0.2, 0.25) is 5.02 Å². The smallest absolute Gasteiger partial charge is 0.261 e. The van der Waals surface area contributed by atoms with E-state index in [4.69, 9.17) is 16.3 Å². The molecule has 0 bridgehead atoms. The Morgan fingerprint density at radius 3 is 2.93 bits per heavy atom. The maximum absolute atomic E-state index is 12.8. The highest BCUT2D eigenvalue weighted by atomic mass is 35.5. The van der Waals surface area contributed by atoms with Crippen molar-refractivity contribution >= 4 is 34.9 Å². The van der Waals surface area contributed by atoms with Crippen LogP contribution in [-0.2, 0) is 4.79 Å². The van der Waals surface area contributed by atoms with E-state index in [1.165, 1.54) is 0 Å². The Bertz CT molecular complexity index is 962. The third kappa shape index (κ3) is 4.77. The molecule has 8 heteroatoms. The molecule has 1 aromatic carbocycles. The molecule has 0 spiro atoms. The summed E-state index contributed by atoms with van der Waals surface area (Å²) in [6.45, 7) is 3.66. The molecule has 0 aliphatic carbocycles. The summed E-state index contributed by atoms with van der Waals surface area (Å²) in [5, 5.41) is 12.0. The minimum absolute atomic E-state index is 0.226. The minimum atomic E-state index is -0.699. The third-order valence-electron chi connectivity index (χ3n) is 4.34. The van der Waals surface area contributed by atoms with Gasteiger partial charge in [-0.1, -0.05) is 23.7 Å². The van der Waals surface area contributed by atoms with E-state index in [1.807, 2.05) is 54.1 Å². The number of hydrogen-bond acceptors (Lipinski definition) is 5. The van der Waals surface area contributed by atoms with Gasteiger partial charge < -0.3 is 10.1 Å². The van der Waals surface area contributed by atoms with Gasteiger partial charge in [-0.2, -0.15) is 11.8 Å². The lowest BCUT2D eigenvalue weighted by molar-refractivity contribution is -0.128. The maximum atomic E-state index is 12.8. The highest BCUT2D eigenvalue weighted by molar-refractivity contribution is 7.98. The average molecular weight is 419 g/mol. The summed E-state index contributed by atoms with van der Waals surface area (Å²) in [4.78, 5) is 12.8. The molecular formula is C20H23ClN4O2S. The van der Waals surface area contributed by atoms with Crippen LogP contribution in [0.3, 0.4) is 0 Å². The molecule has 148 valence electrons. The van der Waals surface area contributed by atoms with Crippen LogP contribution in [0.4, 0.5) is 0 Å². The topological polar surface area (TPSA) is 68.5 Å². The Labute approximate surface area is 173 Å². The number of aryl methyl sites for hydroxylation is 1. The second kappa shape index (κ2) is 9.30. The lowest BCUT2D eigenvalue weighted by Crippen LogP contribution is -2.39. The van der Waals surface area contributed by atoms with E-state index in [-0.39, 0.29) is 11.9 Å². The van der Waals surface area contributed by atoms with Crippen molar-refractivity contribution in [3.8, 4) is 5.75 Å². The van der Waals surface area contributed by atoms with Gasteiger partial charge >= 0.3 is 0 Å². The Hall–Kier alpha value is -2.25. The molecule has 0 saturated carbocycles. The second-order valence-electron chi connectivity index (χ2n) is 6.52. The van der Waals surface area contributed by atoms with Crippen molar-refractivity contribution in [2.45, 2.75) is 32.4 Å². The number of carbonyl (C=O) groups excluding carboxylic acids is 1. The first-order chi connectivity index (χ1) is 13.5. The Kier molecular flexibility index (Phi) is 6.80. The van der Waals surface area contributed by atoms with Gasteiger partial charge in [-0.05, 0) is 62.1 Å². The molecule has 6 nitrogen and oxygen atoms in total. The van der Waals surface area contributed by atoms with Crippen LogP contribution in [0.25, 0.3) is 5.65 Å². The zero-order valence-corrected chi connectivity index (χ0v) is 17.6. The summed E-state index contributed by atoms with van der Waals surface area (Å²) in [6.07, 6.45) is 3.97. The largest absolute Gasteiger partial charge is 0.479 e. The predicted molar refractivity (Wildman–Crippen MR) is 113 cm³/mol. The van der Waals surface area contributed by atoms with Crippen LogP contribution < -0.4 is 10.1 Å². The summed E-state index contributed by atoms with van der Waals surface area (Å²) in [5.41, 5.74) is 1.76. The van der Waals surface area contributed by atoms with E-state index >= 15 is 0 Å². The molecule has 0 aliphatic heterocycles. The van der Waals surface area contributed by atoms with Gasteiger partial charge in [-0.3, -0.25) is 9.20 Å². The molecule has 0 saturated heterocycles. The number of amides is 1. The van der Waals surface area contributed by atoms with Crippen LogP contribution in [0.15, 0.2) is 42.6 Å². The summed E-state index contributed by atoms with van der Waals surface area (Å²) in [7, 11) is 0. The van der Waals surface area contributed by atoms with Crippen LogP contribution >= 0.6 is 23.4 Å². The van der Waals surface area contributed by atoms with E-state index in [0.29, 0.717) is 16.6 Å². The third-order valence-corrected chi connectivity index (χ3v) is 5.29. The first-order valence-electron chi connectivity index (χ1n) is 9.01. The maximum Gasteiger partial charge on any atom is 0.261 e. The molecule has 2 unspecified atom stereocenters. The van der Waals surface area contributed by atoms with Gasteiger partial charge in [0, 0.05) is 6.20 Å². The lowest BCUT2D eigenvalue weighted by atomic mass is 10.2. The van der Waals surface area contributed by atoms with Crippen molar-refractivity contribution in [3.05, 3.63) is 59.0 Å². The summed E-state index contributed by atoms with van der Waals surface area (Å²) < 4.78 is 7.70. The van der Waals surface area contributed by atoms with Crippen LogP contribution in [0.1, 0.15) is 30.8 Å². The van der Waals surface area contributed by atoms with E-state index in [1.54, 1.807) is 24.8 Å². The summed E-state index contributed by atoms with van der Waals surface area (Å²) in [5.74, 6) is 1.86. The number of nitrogens with zero attached hydrogens (tertiary/aromatic N) is 3. The van der Waals surface area contributed by atoms with E-state index in [9.17, 15) is 4.79 Å². The van der Waals surface area contributed by atoms with E-state index in [0.717, 1.165) is 23.4 Å². The molecular weight excluding hydrogens is 396 g/mol. The molecule has 0 aliphatic rings. The van der Waals surface area contributed by atoms with E-state index in [2.05, 4.69) is 15.5 Å². The van der Waals surface area contributed by atoms with Crippen molar-refractivity contribution < 1.29 is 9.53 Å². The fraction of sp³-hybridized carbons (Fsp3) is 0.350. The van der Waals surface area contributed by atoms with Gasteiger partial charge in [0.2, 0.25) is 0 Å². The summed E-state index contributed by atoms with van der Waals surface area (Å²) in [6, 6.07) is 10.9. The fourth-order valence-electron chi connectivity index (χ4n) is 2.83. The number of fused-ring (bicyclic) bond motifs is 1. The van der Waals surface area contributed by atoms with Crippen LogP contribution in [-0.4, -0.2) is 38.6 Å². The zero-order chi connectivity index (χ0) is 20.1. The molecule has 1 amide bonds. The normalized spacial score (nSPS) is 13.3. The summed E-state index contributed by atoms with van der Waals surface area (Å²) >= 11 is 7.90. The van der Waals surface area contributed by atoms with Gasteiger partial charge in [0.25, 0.3) is 5.91 Å². The van der Waals surface area contributed by atoms with Gasteiger partial charge in [0.1, 0.15) is 5.75 Å². The molecule has 0 fully saturated rings. The van der Waals surface area contributed by atoms with Gasteiger partial charge in [0.15, 0.2) is 17.6 Å². The van der Waals surface area contributed by atoms with Crippen LogP contribution in [0.5, 0.6) is 5.75 Å². The Morgan fingerprint density at radius 2 is 2.14 bits per heavy atom. The van der Waals surface area contributed by atoms with Gasteiger partial charge in [0.05, 0.1) is 11.1 Å². The minimum Gasteiger partial charge on any atom is -0.479 e. The number of ether oxygens (including phenoxy) is 1. The van der Waals surface area contributed by atoms with Crippen LogP contribution in [0, 0.1) is 6.92 Å². The molecule has 3 rings (SSSR count). The zero-order valence-electron chi connectivity index (χ0n) is 16.1. The van der Waals surface area contributed by atoms with Crippen molar-refractivity contribution in [1.82, 2.24) is 19.9 Å². The average Bonchev–Trinajstić information content (AvgIpc) is 3.12. The number of hydrogen-bond donors (Lipinski definition) is 1. The predicted octanol–water partition coefficient (Wildman–Crippen LogP) is 4.07. The number of thioether (sulfide) groups is 1. The van der Waals surface area contributed by atoms with Crippen molar-refractivity contribution in [2.75, 3.05) is 12.0 Å². The SMILES string of the molecule is CSCCC(NC(=O)C(C)Oc1cc(C)ccc1Cl)c1nnc2ccccn12. The Morgan fingerprint density at radius 1 is 1.32 bits per heavy atom. The molecule has 1 N–H and O–H groups in total. The lowest BCUT2D eigenvalue weighted by Gasteiger charge is -2.21. The molecule has 3 aromatic rings. The number of rotatable bonds is 8. The molecule has 2 heterocycles. The fourth-order valence-corrected chi connectivity index (χ4v) is 3.47. The molecule has 2 aromatic heterocycles.